The summed E-state index contributed by atoms with van der Waals surface area (Å²) in [6.07, 6.45) is 0.199. The Bertz CT molecular complexity index is 864. The monoisotopic (exact) mass is 430 g/mol. The molecule has 0 spiro atoms. The van der Waals surface area contributed by atoms with E-state index < -0.39 is 0 Å². The standard InChI is InChI=1S/C21H23BrN2O3/c1-14-8-9-15(2)16(12-14)19(25)10-11-21(27)24(3)13-20(26)23-18-7-5-4-6-17(18)22/h4-9,12H,10-11,13H2,1-3H3,(H,23,26). The third kappa shape index (κ3) is 6.03. The number of carbonyl (C=O) groups is 3. The fourth-order valence-electron chi connectivity index (χ4n) is 2.64. The molecule has 0 aliphatic rings. The van der Waals surface area contributed by atoms with E-state index in [1.807, 2.05) is 50.2 Å². The van der Waals surface area contributed by atoms with Crippen molar-refractivity contribution in [3.8, 4) is 0 Å². The van der Waals surface area contributed by atoms with E-state index in [2.05, 4.69) is 21.2 Å². The zero-order valence-corrected chi connectivity index (χ0v) is 17.3. The Labute approximate surface area is 167 Å². The summed E-state index contributed by atoms with van der Waals surface area (Å²) in [6, 6.07) is 13.0. The van der Waals surface area contributed by atoms with Crippen LogP contribution in [0, 0.1) is 13.8 Å². The largest absolute Gasteiger partial charge is 0.336 e. The number of likely N-dealkylation sites (N-methyl/N-ethyl adjacent to an activating group) is 1. The lowest BCUT2D eigenvalue weighted by Crippen LogP contribution is -2.35. The Morgan fingerprint density at radius 2 is 1.74 bits per heavy atom. The Kier molecular flexibility index (Phi) is 7.30. The number of anilines is 1. The van der Waals surface area contributed by atoms with Crippen LogP contribution in [-0.4, -0.2) is 36.1 Å². The smallest absolute Gasteiger partial charge is 0.244 e. The maximum atomic E-state index is 12.4. The van der Waals surface area contributed by atoms with Gasteiger partial charge < -0.3 is 10.2 Å². The van der Waals surface area contributed by atoms with Crippen LogP contribution in [0.25, 0.3) is 0 Å². The second-order valence-electron chi connectivity index (χ2n) is 6.52. The number of amides is 2. The predicted molar refractivity (Wildman–Crippen MR) is 110 cm³/mol. The molecule has 0 fully saturated rings. The van der Waals surface area contributed by atoms with Crippen LogP contribution in [-0.2, 0) is 9.59 Å². The first-order valence-corrected chi connectivity index (χ1v) is 9.46. The highest BCUT2D eigenvalue weighted by molar-refractivity contribution is 9.10. The average Bonchev–Trinajstić information content (AvgIpc) is 2.63. The summed E-state index contributed by atoms with van der Waals surface area (Å²) in [6.45, 7) is 3.74. The first-order chi connectivity index (χ1) is 12.8. The van der Waals surface area contributed by atoms with Crippen molar-refractivity contribution in [2.75, 3.05) is 18.9 Å². The lowest BCUT2D eigenvalue weighted by Gasteiger charge is -2.17. The number of para-hydroxylation sites is 1. The van der Waals surface area contributed by atoms with E-state index in [0.717, 1.165) is 15.6 Å². The van der Waals surface area contributed by atoms with E-state index in [0.29, 0.717) is 11.3 Å². The van der Waals surface area contributed by atoms with Gasteiger partial charge in [0.1, 0.15) is 0 Å². The number of hydrogen-bond donors (Lipinski definition) is 1. The number of rotatable bonds is 7. The Balaban J connectivity index is 1.86. The Morgan fingerprint density at radius 1 is 1.04 bits per heavy atom. The normalized spacial score (nSPS) is 10.4. The zero-order chi connectivity index (χ0) is 20.0. The van der Waals surface area contributed by atoms with Gasteiger partial charge in [0.25, 0.3) is 0 Å². The van der Waals surface area contributed by atoms with E-state index >= 15 is 0 Å². The molecule has 0 aliphatic carbocycles. The first kappa shape index (κ1) is 20.8. The van der Waals surface area contributed by atoms with Crippen LogP contribution in [0.2, 0.25) is 0 Å². The van der Waals surface area contributed by atoms with Crippen molar-refractivity contribution in [2.45, 2.75) is 26.7 Å². The molecule has 0 radical (unpaired) electrons. The van der Waals surface area contributed by atoms with Gasteiger partial charge in [0, 0.05) is 29.9 Å². The number of carbonyl (C=O) groups excluding carboxylic acids is 3. The number of ketones is 1. The molecule has 0 saturated heterocycles. The van der Waals surface area contributed by atoms with Crippen molar-refractivity contribution in [3.05, 3.63) is 63.6 Å². The van der Waals surface area contributed by atoms with Crippen molar-refractivity contribution in [3.63, 3.8) is 0 Å². The van der Waals surface area contributed by atoms with E-state index in [9.17, 15) is 14.4 Å². The number of Topliss-reactive ketones (excluding diaryl/α,β-unsaturated/α-hetero) is 1. The summed E-state index contributed by atoms with van der Waals surface area (Å²) < 4.78 is 0.770. The third-order valence-electron chi connectivity index (χ3n) is 4.21. The number of aryl methyl sites for hydroxylation is 2. The lowest BCUT2D eigenvalue weighted by molar-refractivity contribution is -0.133. The second-order valence-corrected chi connectivity index (χ2v) is 7.37. The highest BCUT2D eigenvalue weighted by atomic mass is 79.9. The van der Waals surface area contributed by atoms with E-state index in [1.54, 1.807) is 13.1 Å². The van der Waals surface area contributed by atoms with Gasteiger partial charge in [-0.15, -0.1) is 0 Å². The summed E-state index contributed by atoms with van der Waals surface area (Å²) in [5, 5.41) is 2.75. The van der Waals surface area contributed by atoms with Crippen molar-refractivity contribution in [2.24, 2.45) is 0 Å². The first-order valence-electron chi connectivity index (χ1n) is 8.66. The molecule has 0 atom stereocenters. The molecule has 2 amide bonds. The zero-order valence-electron chi connectivity index (χ0n) is 15.7. The molecular formula is C21H23BrN2O3. The topological polar surface area (TPSA) is 66.5 Å². The summed E-state index contributed by atoms with van der Waals surface area (Å²) in [4.78, 5) is 38.1. The minimum Gasteiger partial charge on any atom is -0.336 e. The summed E-state index contributed by atoms with van der Waals surface area (Å²) in [5.74, 6) is -0.592. The number of halogens is 1. The van der Waals surface area contributed by atoms with Crippen LogP contribution in [0.15, 0.2) is 46.9 Å². The van der Waals surface area contributed by atoms with Gasteiger partial charge in [0.15, 0.2) is 5.78 Å². The molecule has 0 aliphatic heterocycles. The van der Waals surface area contributed by atoms with Gasteiger partial charge in [-0.05, 0) is 53.5 Å². The molecule has 6 heteroatoms. The SMILES string of the molecule is Cc1ccc(C)c(C(=O)CCC(=O)N(C)CC(=O)Nc2ccccc2Br)c1. The van der Waals surface area contributed by atoms with Crippen molar-refractivity contribution >= 4 is 39.2 Å². The van der Waals surface area contributed by atoms with Crippen molar-refractivity contribution < 1.29 is 14.4 Å². The molecule has 27 heavy (non-hydrogen) atoms. The third-order valence-corrected chi connectivity index (χ3v) is 4.91. The molecule has 1 N–H and O–H groups in total. The average molecular weight is 431 g/mol. The fourth-order valence-corrected chi connectivity index (χ4v) is 3.02. The molecular weight excluding hydrogens is 408 g/mol. The molecule has 0 aromatic heterocycles. The number of hydrogen-bond acceptors (Lipinski definition) is 3. The molecule has 2 aromatic carbocycles. The summed E-state index contributed by atoms with van der Waals surface area (Å²) >= 11 is 3.36. The molecule has 0 unspecified atom stereocenters. The number of nitrogens with zero attached hydrogens (tertiary/aromatic N) is 1. The molecule has 0 heterocycles. The maximum absolute atomic E-state index is 12.4. The molecule has 0 bridgehead atoms. The molecule has 2 aromatic rings. The summed E-state index contributed by atoms with van der Waals surface area (Å²) in [5.41, 5.74) is 3.21. The predicted octanol–water partition coefficient (Wildman–Crippen LogP) is 4.13. The van der Waals surface area contributed by atoms with Gasteiger partial charge in [0.05, 0.1) is 12.2 Å². The van der Waals surface area contributed by atoms with E-state index in [1.165, 1.54) is 4.90 Å². The lowest BCUT2D eigenvalue weighted by atomic mass is 9.99. The van der Waals surface area contributed by atoms with Crippen molar-refractivity contribution in [1.29, 1.82) is 0 Å². The molecule has 0 saturated carbocycles. The van der Waals surface area contributed by atoms with Crippen LogP contribution in [0.1, 0.15) is 34.3 Å². The maximum Gasteiger partial charge on any atom is 0.244 e. The Hall–Kier alpha value is -2.47. The van der Waals surface area contributed by atoms with E-state index in [-0.39, 0.29) is 37.0 Å². The van der Waals surface area contributed by atoms with Crippen LogP contribution in [0.4, 0.5) is 5.69 Å². The number of nitrogens with one attached hydrogen (secondary N) is 1. The minimum absolute atomic E-state index is 0.0596. The quantitative estimate of drug-likeness (QED) is 0.671. The van der Waals surface area contributed by atoms with Crippen LogP contribution < -0.4 is 5.32 Å². The van der Waals surface area contributed by atoms with Gasteiger partial charge in [-0.3, -0.25) is 14.4 Å². The number of benzene rings is 2. The minimum atomic E-state index is -0.293. The molecule has 142 valence electrons. The Morgan fingerprint density at radius 3 is 2.44 bits per heavy atom. The van der Waals surface area contributed by atoms with Crippen LogP contribution in [0.5, 0.6) is 0 Å². The van der Waals surface area contributed by atoms with Gasteiger partial charge in [-0.1, -0.05) is 29.8 Å². The van der Waals surface area contributed by atoms with Gasteiger partial charge in [-0.2, -0.15) is 0 Å². The molecule has 2 rings (SSSR count). The second kappa shape index (κ2) is 9.46. The van der Waals surface area contributed by atoms with Gasteiger partial charge in [0.2, 0.25) is 11.8 Å². The molecule has 5 nitrogen and oxygen atoms in total. The van der Waals surface area contributed by atoms with Crippen molar-refractivity contribution in [1.82, 2.24) is 4.90 Å². The highest BCUT2D eigenvalue weighted by Crippen LogP contribution is 2.21. The van der Waals surface area contributed by atoms with Crippen LogP contribution in [0.3, 0.4) is 0 Å². The highest BCUT2D eigenvalue weighted by Gasteiger charge is 2.16. The van der Waals surface area contributed by atoms with E-state index in [4.69, 9.17) is 0 Å². The summed E-state index contributed by atoms with van der Waals surface area (Å²) in [7, 11) is 1.56. The fraction of sp³-hybridized carbons (Fsp3) is 0.286. The van der Waals surface area contributed by atoms with Crippen LogP contribution >= 0.6 is 15.9 Å². The van der Waals surface area contributed by atoms with Gasteiger partial charge >= 0.3 is 0 Å². The van der Waals surface area contributed by atoms with Gasteiger partial charge in [-0.25, -0.2) is 0 Å².